The predicted molar refractivity (Wildman–Crippen MR) is 363 cm³/mol. The molecule has 0 amide bonds. The molecule has 4 unspecified atom stereocenters. The van der Waals surface area contributed by atoms with Crippen molar-refractivity contribution in [2.75, 3.05) is 74.1 Å². The fraction of sp³-hybridized carbons (Fsp3) is 0.615. The molecule has 570 valence electrons. The largest absolute Gasteiger partial charge is 0.472 e. The fourth-order valence-corrected chi connectivity index (χ4v) is 17.6. The number of phosphoric acid groups is 4. The van der Waals surface area contributed by atoms with Crippen molar-refractivity contribution in [1.29, 1.82) is 0 Å². The minimum atomic E-state index is -5.06. The fourth-order valence-electron chi connectivity index (χ4n) is 11.8. The normalized spacial score (nSPS) is 26.1. The van der Waals surface area contributed by atoms with Gasteiger partial charge in [0.25, 0.3) is 22.2 Å². The predicted octanol–water partition coefficient (Wildman–Crippen LogP) is 1.49. The number of fused-ring (bicyclic) bond motifs is 4. The first-order valence-electron chi connectivity index (χ1n) is 32.2. The van der Waals surface area contributed by atoms with E-state index in [1.165, 1.54) is 43.6 Å². The summed E-state index contributed by atoms with van der Waals surface area (Å²) in [6.07, 6.45) is -4.54. The molecule has 0 saturated carbocycles. The van der Waals surface area contributed by atoms with Gasteiger partial charge < -0.3 is 71.7 Å². The van der Waals surface area contributed by atoms with E-state index in [-0.39, 0.29) is 107 Å². The van der Waals surface area contributed by atoms with Crippen molar-refractivity contribution in [2.24, 2.45) is 0 Å². The van der Waals surface area contributed by atoms with E-state index < -0.39 is 154 Å². The summed E-state index contributed by atoms with van der Waals surface area (Å²) in [5.41, 5.74) is 20.4. The summed E-state index contributed by atoms with van der Waals surface area (Å²) in [6.45, 7) is -3.02. The third-order valence-electron chi connectivity index (χ3n) is 16.8. The summed E-state index contributed by atoms with van der Waals surface area (Å²) in [4.78, 5) is 135. The number of aromatic nitrogens is 16. The second-order valence-corrected chi connectivity index (χ2v) is 32.6. The number of H-pyrrole nitrogens is 4. The number of anilines is 4. The van der Waals surface area contributed by atoms with Crippen LogP contribution in [0.5, 0.6) is 0 Å². The second kappa shape index (κ2) is 32.9. The van der Waals surface area contributed by atoms with E-state index in [9.17, 15) is 67.2 Å². The van der Waals surface area contributed by atoms with Gasteiger partial charge in [-0.3, -0.25) is 93.6 Å². The molecule has 12 rings (SSSR count). The number of ether oxygens (including phenoxy) is 4. The van der Waals surface area contributed by atoms with Crippen molar-refractivity contribution >= 4 is 121 Å². The number of unbranched alkanes of at least 4 members (excludes halogenated alkanes) is 6. The van der Waals surface area contributed by atoms with Gasteiger partial charge in [0, 0.05) is 37.2 Å². The van der Waals surface area contributed by atoms with Crippen molar-refractivity contribution in [2.45, 2.75) is 151 Å². The third kappa shape index (κ3) is 18.9. The van der Waals surface area contributed by atoms with Gasteiger partial charge in [-0.2, -0.15) is 19.9 Å². The zero-order valence-corrected chi connectivity index (χ0v) is 59.7. The molecule has 0 radical (unpaired) electrons. The number of aliphatic hydroxyl groups excluding tert-OH is 2. The molecule has 4 fully saturated rings. The number of aromatic amines is 4. The van der Waals surface area contributed by atoms with Gasteiger partial charge in [0.15, 0.2) is 44.7 Å². The maximum atomic E-state index is 13.5. The molecule has 0 aromatic carbocycles. The number of imidazole rings is 4. The minimum Gasteiger partial charge on any atom is -0.390 e. The number of nitrogens with one attached hydrogen (secondary N) is 4. The average molecular weight is 1580 g/mol. The summed E-state index contributed by atoms with van der Waals surface area (Å²) in [6, 6.07) is 0. The van der Waals surface area contributed by atoms with E-state index >= 15 is 0 Å². The quantitative estimate of drug-likeness (QED) is 0.0149. The highest BCUT2D eigenvalue weighted by molar-refractivity contribution is 8.76. The van der Waals surface area contributed by atoms with Crippen molar-refractivity contribution in [3.05, 3.63) is 66.7 Å². The molecule has 8 aromatic heterocycles. The molecule has 104 heavy (non-hydrogen) atoms. The van der Waals surface area contributed by atoms with Crippen LogP contribution in [0.2, 0.25) is 0 Å². The van der Waals surface area contributed by atoms with E-state index in [0.29, 0.717) is 25.7 Å². The minimum absolute atomic E-state index is 0.00467. The molecule has 18 N–H and O–H groups in total. The summed E-state index contributed by atoms with van der Waals surface area (Å²) in [5, 5.41) is 21.7. The van der Waals surface area contributed by atoms with Crippen LogP contribution in [-0.2, 0) is 73.4 Å². The summed E-state index contributed by atoms with van der Waals surface area (Å²) >= 11 is 0. The molecule has 8 aromatic rings. The molecule has 4 saturated heterocycles. The Morgan fingerprint density at radius 2 is 0.692 bits per heavy atom. The Morgan fingerprint density at radius 3 is 1.02 bits per heavy atom. The van der Waals surface area contributed by atoms with Crippen molar-refractivity contribution in [1.82, 2.24) is 78.1 Å². The molecule has 16 atom stereocenters. The molecular formula is C52H74N20O26P4S2. The van der Waals surface area contributed by atoms with Crippen molar-refractivity contribution in [3.8, 4) is 0 Å². The summed E-state index contributed by atoms with van der Waals surface area (Å²) < 4.78 is 125. The maximum Gasteiger partial charge on any atom is 0.472 e. The zero-order valence-electron chi connectivity index (χ0n) is 54.5. The van der Waals surface area contributed by atoms with Crippen LogP contribution in [0.25, 0.3) is 44.7 Å². The smallest absolute Gasteiger partial charge is 0.390 e. The molecule has 0 bridgehead atoms. The standard InChI is InChI=1S/C52H74N20O26P4S2/c53-49-61-41-37(45(75)65-49)57-21-69(41)33-13-25(73)29(93-33)17-91-101(83,84)97-27-15-35(71-23-59-39-43(71)63-51(55)67-47(39)77)95-31(27)19-89-99(79,80)87-9-5-1-3-7-11-103-104-12-8-4-2-6-10-88-100(81,82)90-20-32-28(16-36(96-32)72-24-60-40-44(72)64-52(56)68-48(40)78)98-102(85,86)92-18-30-26(74)14-34(94-30)70-22-58-38-42(70)62-50(54)66-46(38)76/h21-36,73-74H,1-20H2,(H,79,80)(H,81,82)(H,83,84)(H,85,86)(H3,53,61,65,75)(H3,54,62,66,76)(H3,55,63,67,77)(H3,56,64,68,78)/t25-,26-,27-,28-,29+,30+,31+,32+,33+,34+,35+,36+/m0/s1. The van der Waals surface area contributed by atoms with Gasteiger partial charge in [-0.05, 0) is 25.7 Å². The number of hydrogen-bond acceptors (Lipinski definition) is 36. The van der Waals surface area contributed by atoms with Gasteiger partial charge in [0.1, 0.15) is 61.5 Å². The molecule has 46 nitrogen and oxygen atoms in total. The lowest BCUT2D eigenvalue weighted by Crippen LogP contribution is -2.30. The average Bonchev–Trinajstić information content (AvgIpc) is 1.66. The number of nitrogen functional groups attached to an aromatic ring is 4. The van der Waals surface area contributed by atoms with Crippen molar-refractivity contribution < 1.29 is 103 Å². The lowest BCUT2D eigenvalue weighted by atomic mass is 10.2. The highest BCUT2D eigenvalue weighted by Crippen LogP contribution is 2.53. The molecular weight excluding hydrogens is 1510 g/mol. The maximum absolute atomic E-state index is 13.5. The number of aliphatic hydroxyl groups is 2. The number of hydrogen-bond donors (Lipinski definition) is 14. The Bertz CT molecular complexity index is 4520. The van der Waals surface area contributed by atoms with Gasteiger partial charge in [0.05, 0.1) is 77.2 Å². The first-order valence-corrected chi connectivity index (χ1v) is 40.7. The van der Waals surface area contributed by atoms with Gasteiger partial charge >= 0.3 is 31.3 Å². The Balaban J connectivity index is 0.528. The topological polar surface area (TPSA) is 659 Å². The molecule has 52 heteroatoms. The number of rotatable bonds is 37. The molecule has 0 aliphatic carbocycles. The van der Waals surface area contributed by atoms with Crippen LogP contribution in [-0.4, -0.2) is 208 Å². The van der Waals surface area contributed by atoms with Crippen LogP contribution < -0.4 is 45.2 Å². The van der Waals surface area contributed by atoms with Crippen LogP contribution in [0.15, 0.2) is 44.5 Å². The van der Waals surface area contributed by atoms with E-state index in [1.807, 2.05) is 0 Å². The lowest BCUT2D eigenvalue weighted by Gasteiger charge is -2.23. The molecule has 4 aliphatic rings. The Kier molecular flexibility index (Phi) is 24.4. The monoisotopic (exact) mass is 1580 g/mol. The third-order valence-corrected chi connectivity index (χ3v) is 23.4. The van der Waals surface area contributed by atoms with E-state index in [1.54, 1.807) is 21.6 Å². The van der Waals surface area contributed by atoms with Crippen molar-refractivity contribution in [3.63, 3.8) is 0 Å². The molecule has 4 aliphatic heterocycles. The number of nitrogens with two attached hydrogens (primary N) is 4. The van der Waals surface area contributed by atoms with Crippen LogP contribution in [0, 0.1) is 0 Å². The van der Waals surface area contributed by atoms with Gasteiger partial charge in [-0.15, -0.1) is 0 Å². The number of nitrogens with zero attached hydrogens (tertiary/aromatic N) is 12. The molecule has 0 spiro atoms. The van der Waals surface area contributed by atoms with Gasteiger partial charge in [-0.25, -0.2) is 38.2 Å². The zero-order chi connectivity index (χ0) is 73.8. The Morgan fingerprint density at radius 1 is 0.413 bits per heavy atom. The lowest BCUT2D eigenvalue weighted by molar-refractivity contribution is -0.0555. The van der Waals surface area contributed by atoms with E-state index in [0.717, 1.165) is 37.2 Å². The van der Waals surface area contributed by atoms with Crippen LogP contribution in [0.4, 0.5) is 23.8 Å². The summed E-state index contributed by atoms with van der Waals surface area (Å²) in [7, 11) is -16.2. The molecule has 12 heterocycles. The Labute approximate surface area is 591 Å². The highest BCUT2D eigenvalue weighted by atomic mass is 33.1. The van der Waals surface area contributed by atoms with Crippen LogP contribution >= 0.6 is 52.9 Å². The SMILES string of the molecule is Nc1nc2c(ncn2[C@H]2C[C@H](OP(=O)(O)OC[C@H]3O[C@@H](n4cnc5c(=O)[nH]c(N)nc54)C[C@@H]3O)[C@@H](COP(=O)(O)OCCCCCCSSCCCCCCOP(=O)(O)OC[C@H]3O[C@@H](n4cnc5c(=O)[nH]c(N)nc54)C[C@@H]3OP(=O)(O)OC[C@H]3O[C@@H](n4cnc5c(=O)[nH]c(N)nc54)C[C@@H]3O)O2)c(=O)[nH]1. The van der Waals surface area contributed by atoms with Crippen LogP contribution in [0.1, 0.15) is 102 Å². The first-order chi connectivity index (χ1) is 49.5. The second-order valence-electron chi connectivity index (χ2n) is 24.2. The number of phosphoric ester groups is 4. The van der Waals surface area contributed by atoms with Gasteiger partial charge in [0.2, 0.25) is 23.8 Å². The van der Waals surface area contributed by atoms with Crippen LogP contribution in [0.3, 0.4) is 0 Å². The van der Waals surface area contributed by atoms with Gasteiger partial charge in [-0.1, -0.05) is 47.3 Å². The Hall–Kier alpha value is -6.50. The van der Waals surface area contributed by atoms with E-state index in [4.69, 9.17) is 78.1 Å². The first kappa shape index (κ1) is 77.1. The van der Waals surface area contributed by atoms with E-state index in [2.05, 4.69) is 59.8 Å². The summed E-state index contributed by atoms with van der Waals surface area (Å²) in [5.74, 6) is 0.807. The highest BCUT2D eigenvalue weighted by Gasteiger charge is 2.47.